The Balaban J connectivity index is 1.28. The number of rotatable bonds is 7. The lowest BCUT2D eigenvalue weighted by Gasteiger charge is -2.22. The van der Waals surface area contributed by atoms with E-state index >= 15 is 0 Å². The first-order valence-corrected chi connectivity index (χ1v) is 11.8. The van der Waals surface area contributed by atoms with Crippen LogP contribution in [0.2, 0.25) is 0 Å². The van der Waals surface area contributed by atoms with E-state index in [0.717, 1.165) is 29.7 Å². The first-order chi connectivity index (χ1) is 16.5. The highest BCUT2D eigenvalue weighted by molar-refractivity contribution is 5.94. The number of hydrogen-bond acceptors (Lipinski definition) is 5. The molecule has 4 rings (SSSR count). The quantitative estimate of drug-likeness (QED) is 0.526. The summed E-state index contributed by atoms with van der Waals surface area (Å²) < 4.78 is 5.39. The van der Waals surface area contributed by atoms with E-state index in [1.807, 2.05) is 43.3 Å². The number of likely N-dealkylation sites (N-methyl/N-ethyl adjacent to an activating group) is 1. The molecule has 1 saturated carbocycles. The number of urea groups is 1. The zero-order valence-corrected chi connectivity index (χ0v) is 19.7. The molecule has 1 heterocycles. The Morgan fingerprint density at radius 1 is 1.03 bits per heavy atom. The molecule has 2 aromatic carbocycles. The minimum Gasteiger partial charge on any atom is -0.349 e. The highest BCUT2D eigenvalue weighted by Gasteiger charge is 2.17. The number of carbonyl (C=O) groups excluding carboxylic acids is 2. The van der Waals surface area contributed by atoms with Crippen molar-refractivity contribution in [2.45, 2.75) is 51.5 Å². The van der Waals surface area contributed by atoms with E-state index in [4.69, 9.17) is 4.52 Å². The molecule has 2 N–H and O–H groups in total. The third kappa shape index (κ3) is 6.21. The minimum absolute atomic E-state index is 0.0448. The normalized spacial score (nSPS) is 13.9. The lowest BCUT2D eigenvalue weighted by molar-refractivity contribution is 0.0927. The van der Waals surface area contributed by atoms with Gasteiger partial charge < -0.3 is 20.1 Å². The van der Waals surface area contributed by atoms with E-state index in [0.29, 0.717) is 30.2 Å². The summed E-state index contributed by atoms with van der Waals surface area (Å²) in [6.07, 6.45) is 6.18. The number of nitrogens with zero attached hydrogens (tertiary/aromatic N) is 3. The summed E-state index contributed by atoms with van der Waals surface area (Å²) in [5.74, 6) is 0.863. The van der Waals surface area contributed by atoms with Gasteiger partial charge in [0.25, 0.3) is 11.8 Å². The molecule has 0 unspecified atom stereocenters. The average molecular weight is 462 g/mol. The van der Waals surface area contributed by atoms with Crippen molar-refractivity contribution in [3.05, 3.63) is 65.5 Å². The van der Waals surface area contributed by atoms with Gasteiger partial charge in [0.2, 0.25) is 0 Å². The fraction of sp³-hybridized carbons (Fsp3) is 0.385. The minimum atomic E-state index is -0.199. The monoisotopic (exact) mass is 461 g/mol. The predicted molar refractivity (Wildman–Crippen MR) is 131 cm³/mol. The van der Waals surface area contributed by atoms with E-state index in [2.05, 4.69) is 20.8 Å². The number of carbonyl (C=O) groups is 2. The van der Waals surface area contributed by atoms with Crippen LogP contribution < -0.4 is 10.6 Å². The summed E-state index contributed by atoms with van der Waals surface area (Å²) in [7, 11) is 1.72. The highest BCUT2D eigenvalue weighted by Crippen LogP contribution is 2.20. The second kappa shape index (κ2) is 11.0. The molecule has 3 amide bonds. The third-order valence-electron chi connectivity index (χ3n) is 6.12. The number of nitrogens with one attached hydrogen (secondary N) is 2. The lowest BCUT2D eigenvalue weighted by atomic mass is 9.95. The molecule has 8 nitrogen and oxygen atoms in total. The maximum absolute atomic E-state index is 12.5. The first kappa shape index (κ1) is 23.5. The number of anilines is 1. The van der Waals surface area contributed by atoms with Gasteiger partial charge in [-0.25, -0.2) is 4.79 Å². The summed E-state index contributed by atoms with van der Waals surface area (Å²) in [4.78, 5) is 30.9. The van der Waals surface area contributed by atoms with Gasteiger partial charge in [-0.15, -0.1) is 0 Å². The molecular formula is C26H31N5O3. The van der Waals surface area contributed by atoms with E-state index in [1.165, 1.54) is 19.3 Å². The first-order valence-electron chi connectivity index (χ1n) is 11.8. The van der Waals surface area contributed by atoms with Crippen molar-refractivity contribution in [2.75, 3.05) is 18.9 Å². The highest BCUT2D eigenvalue weighted by atomic mass is 16.5. The van der Waals surface area contributed by atoms with Gasteiger partial charge in [0.1, 0.15) is 0 Å². The molecule has 0 saturated heterocycles. The molecule has 0 atom stereocenters. The van der Waals surface area contributed by atoms with Crippen LogP contribution in [0.25, 0.3) is 11.5 Å². The maximum atomic E-state index is 12.5. The summed E-state index contributed by atoms with van der Waals surface area (Å²) >= 11 is 0. The topological polar surface area (TPSA) is 100 Å². The van der Waals surface area contributed by atoms with Crippen LogP contribution in [0.4, 0.5) is 10.5 Å². The van der Waals surface area contributed by atoms with Gasteiger partial charge in [0.05, 0.1) is 0 Å². The summed E-state index contributed by atoms with van der Waals surface area (Å²) in [5, 5.41) is 10.0. The van der Waals surface area contributed by atoms with Gasteiger partial charge in [-0.2, -0.15) is 4.98 Å². The molecule has 1 aliphatic carbocycles. The summed E-state index contributed by atoms with van der Waals surface area (Å²) in [5.41, 5.74) is 3.26. The Morgan fingerprint density at radius 3 is 2.44 bits per heavy atom. The van der Waals surface area contributed by atoms with Gasteiger partial charge in [-0.3, -0.25) is 4.79 Å². The molecule has 0 spiro atoms. The van der Waals surface area contributed by atoms with Gasteiger partial charge in [-0.05, 0) is 56.2 Å². The Morgan fingerprint density at radius 2 is 1.74 bits per heavy atom. The van der Waals surface area contributed by atoms with Gasteiger partial charge >= 0.3 is 6.03 Å². The van der Waals surface area contributed by atoms with Crippen LogP contribution in [-0.2, 0) is 6.42 Å². The van der Waals surface area contributed by atoms with Gasteiger partial charge in [0, 0.05) is 42.9 Å². The zero-order valence-electron chi connectivity index (χ0n) is 19.7. The number of amides is 3. The Kier molecular flexibility index (Phi) is 7.57. The smallest absolute Gasteiger partial charge is 0.321 e. The number of benzene rings is 2. The summed E-state index contributed by atoms with van der Waals surface area (Å²) in [6.45, 7) is 2.44. The SMILES string of the molecule is Cc1ccc(NC(=O)N(C)CCc2noc(-c3ccc(C(=O)NC4CCCCC4)cc3)n2)cc1. The largest absolute Gasteiger partial charge is 0.349 e. The zero-order chi connectivity index (χ0) is 23.9. The van der Waals surface area contributed by atoms with Crippen LogP contribution in [-0.4, -0.2) is 46.6 Å². The third-order valence-corrected chi connectivity index (χ3v) is 6.12. The molecule has 0 bridgehead atoms. The molecule has 34 heavy (non-hydrogen) atoms. The van der Waals surface area contributed by atoms with Crippen LogP contribution in [0.3, 0.4) is 0 Å². The van der Waals surface area contributed by atoms with E-state index in [9.17, 15) is 9.59 Å². The van der Waals surface area contributed by atoms with Crippen molar-refractivity contribution in [3.63, 3.8) is 0 Å². The Bertz CT molecular complexity index is 1100. The van der Waals surface area contributed by atoms with Crippen LogP contribution in [0, 0.1) is 6.92 Å². The molecule has 0 aliphatic heterocycles. The molecule has 8 heteroatoms. The fourth-order valence-electron chi connectivity index (χ4n) is 3.98. The van der Waals surface area contributed by atoms with Crippen LogP contribution >= 0.6 is 0 Å². The molecule has 1 aliphatic rings. The van der Waals surface area contributed by atoms with E-state index < -0.39 is 0 Å². The maximum Gasteiger partial charge on any atom is 0.321 e. The standard InChI is InChI=1S/C26H31N5O3/c1-18-8-14-22(15-9-18)28-26(33)31(2)17-16-23-29-25(34-30-23)20-12-10-19(11-13-20)24(32)27-21-6-4-3-5-7-21/h8-15,21H,3-7,16-17H2,1-2H3,(H,27,32)(H,28,33). The van der Waals surface area contributed by atoms with Crippen molar-refractivity contribution in [2.24, 2.45) is 0 Å². The van der Waals surface area contributed by atoms with Crippen LogP contribution in [0.1, 0.15) is 53.8 Å². The van der Waals surface area contributed by atoms with Crippen molar-refractivity contribution in [3.8, 4) is 11.5 Å². The second-order valence-electron chi connectivity index (χ2n) is 8.87. The van der Waals surface area contributed by atoms with Crippen molar-refractivity contribution in [1.82, 2.24) is 20.4 Å². The molecule has 0 radical (unpaired) electrons. The van der Waals surface area contributed by atoms with Crippen molar-refractivity contribution >= 4 is 17.6 Å². The van der Waals surface area contributed by atoms with Gasteiger partial charge in [0.15, 0.2) is 5.82 Å². The number of aryl methyl sites for hydroxylation is 1. The van der Waals surface area contributed by atoms with E-state index in [-0.39, 0.29) is 18.0 Å². The second-order valence-corrected chi connectivity index (χ2v) is 8.87. The molecular weight excluding hydrogens is 430 g/mol. The van der Waals surface area contributed by atoms with Crippen LogP contribution in [0.5, 0.6) is 0 Å². The van der Waals surface area contributed by atoms with Crippen LogP contribution in [0.15, 0.2) is 53.1 Å². The van der Waals surface area contributed by atoms with Gasteiger partial charge in [-0.1, -0.05) is 42.1 Å². The number of aromatic nitrogens is 2. The Hall–Kier alpha value is -3.68. The molecule has 1 aromatic heterocycles. The summed E-state index contributed by atoms with van der Waals surface area (Å²) in [6, 6.07) is 14.9. The lowest BCUT2D eigenvalue weighted by Crippen LogP contribution is -2.36. The van der Waals surface area contributed by atoms with E-state index in [1.54, 1.807) is 24.1 Å². The molecule has 3 aromatic rings. The fourth-order valence-corrected chi connectivity index (χ4v) is 3.98. The number of hydrogen-bond donors (Lipinski definition) is 2. The van der Waals surface area contributed by atoms with Crippen molar-refractivity contribution in [1.29, 1.82) is 0 Å². The average Bonchev–Trinajstić information content (AvgIpc) is 3.34. The molecule has 1 fully saturated rings. The van der Waals surface area contributed by atoms with Crippen molar-refractivity contribution < 1.29 is 14.1 Å². The predicted octanol–water partition coefficient (Wildman–Crippen LogP) is 4.81. The molecule has 178 valence electrons. The Labute approximate surface area is 199 Å².